The van der Waals surface area contributed by atoms with Gasteiger partial charge >= 0.3 is 0 Å². The van der Waals surface area contributed by atoms with Crippen molar-refractivity contribution in [2.75, 3.05) is 10.8 Å². The number of amides is 2. The van der Waals surface area contributed by atoms with Crippen molar-refractivity contribution in [1.29, 1.82) is 0 Å². The summed E-state index contributed by atoms with van der Waals surface area (Å²) in [5.41, 5.74) is 3.01. The Kier molecular flexibility index (Phi) is 10.3. The molecule has 1 N–H and O–H groups in total. The Morgan fingerprint density at radius 3 is 2.12 bits per heavy atom. The van der Waals surface area contributed by atoms with E-state index in [4.69, 9.17) is 11.6 Å². The lowest BCUT2D eigenvalue weighted by Gasteiger charge is -2.35. The summed E-state index contributed by atoms with van der Waals surface area (Å²) in [6.07, 6.45) is 0.326. The quantitative estimate of drug-likeness (QED) is 0.302. The van der Waals surface area contributed by atoms with Crippen LogP contribution in [0.2, 0.25) is 5.02 Å². The van der Waals surface area contributed by atoms with E-state index in [2.05, 4.69) is 5.32 Å². The number of hydrogen-bond donors (Lipinski definition) is 1. The number of aryl methyl sites for hydroxylation is 3. The number of nitrogens with one attached hydrogen (secondary N) is 1. The van der Waals surface area contributed by atoms with Gasteiger partial charge in [0.05, 0.1) is 10.6 Å². The Labute approximate surface area is 249 Å². The lowest BCUT2D eigenvalue weighted by Crippen LogP contribution is -2.55. The van der Waals surface area contributed by atoms with Crippen LogP contribution >= 0.6 is 11.6 Å². The van der Waals surface area contributed by atoms with Gasteiger partial charge < -0.3 is 10.2 Å². The number of benzene rings is 3. The smallest absolute Gasteiger partial charge is 0.264 e. The fourth-order valence-electron chi connectivity index (χ4n) is 4.52. The maximum Gasteiger partial charge on any atom is 0.264 e. The second kappa shape index (κ2) is 13.1. The van der Waals surface area contributed by atoms with Gasteiger partial charge in [0.15, 0.2) is 0 Å². The first kappa shape index (κ1) is 32.2. The third-order valence-electron chi connectivity index (χ3n) is 6.70. The molecule has 1 unspecified atom stereocenters. The number of halogens is 1. The van der Waals surface area contributed by atoms with E-state index in [-0.39, 0.29) is 17.3 Å². The molecule has 0 saturated heterocycles. The molecule has 0 fully saturated rings. The average molecular weight is 598 g/mol. The van der Waals surface area contributed by atoms with Crippen LogP contribution in [0.1, 0.15) is 56.4 Å². The van der Waals surface area contributed by atoms with Crippen molar-refractivity contribution in [2.45, 2.75) is 77.9 Å². The third-order valence-corrected chi connectivity index (χ3v) is 8.85. The van der Waals surface area contributed by atoms with E-state index >= 15 is 0 Å². The number of nitrogens with zero attached hydrogens (tertiary/aromatic N) is 2. The lowest BCUT2D eigenvalue weighted by molar-refractivity contribution is -0.141. The summed E-state index contributed by atoms with van der Waals surface area (Å²) in [5, 5.41) is 3.42. The zero-order chi connectivity index (χ0) is 30.5. The van der Waals surface area contributed by atoms with Crippen molar-refractivity contribution >= 4 is 39.1 Å². The van der Waals surface area contributed by atoms with Gasteiger partial charge in [-0.1, -0.05) is 66.6 Å². The Morgan fingerprint density at radius 2 is 1.54 bits per heavy atom. The molecule has 0 bridgehead atoms. The molecule has 7 nitrogen and oxygen atoms in total. The molecule has 0 heterocycles. The minimum Gasteiger partial charge on any atom is -0.350 e. The van der Waals surface area contributed by atoms with Crippen molar-refractivity contribution in [1.82, 2.24) is 10.2 Å². The first-order chi connectivity index (χ1) is 19.1. The van der Waals surface area contributed by atoms with E-state index in [1.54, 1.807) is 48.5 Å². The van der Waals surface area contributed by atoms with Gasteiger partial charge in [-0.25, -0.2) is 8.42 Å². The molecular formula is C32H40ClN3O4S. The molecule has 220 valence electrons. The summed E-state index contributed by atoms with van der Waals surface area (Å²) >= 11 is 6.47. The highest BCUT2D eigenvalue weighted by atomic mass is 35.5. The molecule has 3 rings (SSSR count). The van der Waals surface area contributed by atoms with Crippen molar-refractivity contribution in [3.05, 3.63) is 94.0 Å². The maximum absolute atomic E-state index is 14.2. The molecule has 9 heteroatoms. The van der Waals surface area contributed by atoms with Gasteiger partial charge in [-0.15, -0.1) is 0 Å². The highest BCUT2D eigenvalue weighted by Gasteiger charge is 2.35. The molecular weight excluding hydrogens is 558 g/mol. The fraction of sp³-hybridized carbons (Fsp3) is 0.375. The Bertz CT molecular complexity index is 1500. The van der Waals surface area contributed by atoms with E-state index in [9.17, 15) is 18.0 Å². The van der Waals surface area contributed by atoms with Crippen LogP contribution < -0.4 is 9.62 Å². The Balaban J connectivity index is 2.13. The van der Waals surface area contributed by atoms with Crippen LogP contribution in [0.4, 0.5) is 5.69 Å². The largest absolute Gasteiger partial charge is 0.350 e. The molecule has 0 radical (unpaired) electrons. The monoisotopic (exact) mass is 597 g/mol. The summed E-state index contributed by atoms with van der Waals surface area (Å²) < 4.78 is 29.3. The van der Waals surface area contributed by atoms with Crippen LogP contribution in [0.15, 0.2) is 71.6 Å². The number of carbonyl (C=O) groups is 2. The summed E-state index contributed by atoms with van der Waals surface area (Å²) in [5.74, 6) is -0.836. The van der Waals surface area contributed by atoms with Gasteiger partial charge in [0.2, 0.25) is 11.8 Å². The predicted molar refractivity (Wildman–Crippen MR) is 166 cm³/mol. The molecule has 3 aromatic carbocycles. The molecule has 3 aromatic rings. The fourth-order valence-corrected chi connectivity index (χ4v) is 6.19. The predicted octanol–water partition coefficient (Wildman–Crippen LogP) is 6.18. The third kappa shape index (κ3) is 8.11. The molecule has 41 heavy (non-hydrogen) atoms. The van der Waals surface area contributed by atoms with E-state index in [0.717, 1.165) is 15.4 Å². The zero-order valence-corrected chi connectivity index (χ0v) is 26.4. The topological polar surface area (TPSA) is 86.8 Å². The first-order valence-corrected chi connectivity index (χ1v) is 15.5. The SMILES string of the molecule is CCC(C(=O)NC(C)(C)C)N(Cc1ccccc1Cl)C(=O)CN(c1cc(C)ccc1C)S(=O)(=O)c1ccc(C)cc1. The highest BCUT2D eigenvalue weighted by molar-refractivity contribution is 7.92. The lowest BCUT2D eigenvalue weighted by atomic mass is 10.1. The first-order valence-electron chi connectivity index (χ1n) is 13.7. The van der Waals surface area contributed by atoms with Crippen molar-refractivity contribution < 1.29 is 18.0 Å². The van der Waals surface area contributed by atoms with Gasteiger partial charge in [-0.2, -0.15) is 0 Å². The van der Waals surface area contributed by atoms with Crippen molar-refractivity contribution in [2.24, 2.45) is 0 Å². The molecule has 0 aliphatic rings. The molecule has 0 spiro atoms. The molecule has 0 saturated carbocycles. The van der Waals surface area contributed by atoms with E-state index in [0.29, 0.717) is 28.3 Å². The number of rotatable bonds is 10. The van der Waals surface area contributed by atoms with Crippen LogP contribution in [-0.2, 0) is 26.2 Å². The van der Waals surface area contributed by atoms with Crippen molar-refractivity contribution in [3.8, 4) is 0 Å². The van der Waals surface area contributed by atoms with E-state index in [1.807, 2.05) is 66.7 Å². The maximum atomic E-state index is 14.2. The minimum absolute atomic E-state index is 0.0415. The second-order valence-electron chi connectivity index (χ2n) is 11.4. The van der Waals surface area contributed by atoms with Gasteiger partial charge in [-0.05, 0) is 88.9 Å². The Hall–Kier alpha value is -3.36. The summed E-state index contributed by atoms with van der Waals surface area (Å²) in [7, 11) is -4.14. The van der Waals surface area contributed by atoms with Crippen LogP contribution in [0, 0.1) is 20.8 Å². The van der Waals surface area contributed by atoms with Gasteiger partial charge in [0.25, 0.3) is 10.0 Å². The second-order valence-corrected chi connectivity index (χ2v) is 13.7. The molecule has 2 amide bonds. The van der Waals surface area contributed by atoms with Gasteiger partial charge in [-0.3, -0.25) is 13.9 Å². The highest BCUT2D eigenvalue weighted by Crippen LogP contribution is 2.29. The number of carbonyl (C=O) groups excluding carboxylic acids is 2. The van der Waals surface area contributed by atoms with E-state index in [1.165, 1.54) is 4.90 Å². The number of hydrogen-bond acceptors (Lipinski definition) is 4. The van der Waals surface area contributed by atoms with Crippen LogP contribution in [0.5, 0.6) is 0 Å². The summed E-state index contributed by atoms with van der Waals surface area (Å²) in [6.45, 7) is 12.5. The standard InChI is InChI=1S/C32H40ClN3O4S/c1-8-28(31(38)34-32(5,6)7)35(20-25-11-9-10-12-27(25)33)30(37)21-36(29-19-23(3)13-16-24(29)4)41(39,40)26-17-14-22(2)15-18-26/h9-19,28H,8,20-21H2,1-7H3,(H,34,38). The minimum atomic E-state index is -4.14. The van der Waals surface area contributed by atoms with E-state index < -0.39 is 34.1 Å². The van der Waals surface area contributed by atoms with Gasteiger partial charge in [0, 0.05) is 17.1 Å². The van der Waals surface area contributed by atoms with Crippen LogP contribution in [0.3, 0.4) is 0 Å². The molecule has 1 atom stereocenters. The molecule has 0 aliphatic heterocycles. The van der Waals surface area contributed by atoms with Crippen LogP contribution in [-0.4, -0.2) is 43.3 Å². The molecule has 0 aliphatic carbocycles. The van der Waals surface area contributed by atoms with Crippen LogP contribution in [0.25, 0.3) is 0 Å². The normalized spacial score (nSPS) is 12.5. The number of anilines is 1. The molecule has 0 aromatic heterocycles. The summed E-state index contributed by atoms with van der Waals surface area (Å²) in [4.78, 5) is 29.2. The zero-order valence-electron chi connectivity index (χ0n) is 24.9. The van der Waals surface area contributed by atoms with Crippen molar-refractivity contribution in [3.63, 3.8) is 0 Å². The number of sulfonamides is 1. The summed E-state index contributed by atoms with van der Waals surface area (Å²) in [6, 6.07) is 18.3. The van der Waals surface area contributed by atoms with Gasteiger partial charge in [0.1, 0.15) is 12.6 Å². The Morgan fingerprint density at radius 1 is 0.927 bits per heavy atom. The average Bonchev–Trinajstić information content (AvgIpc) is 2.88.